The lowest BCUT2D eigenvalue weighted by molar-refractivity contribution is -0.128. The fourth-order valence-electron chi connectivity index (χ4n) is 5.80. The maximum absolute atomic E-state index is 14.7. The SMILES string of the molecule is COc1ccc([C@@H](C(=O)NC2CCCCC2)N(C(=O)[C@@H](C)n2nnc3ccccc32)c2cnc3ccccc3c2)cc1. The van der Waals surface area contributed by atoms with Crippen molar-refractivity contribution in [3.8, 4) is 5.75 Å². The van der Waals surface area contributed by atoms with Crippen molar-refractivity contribution >= 4 is 39.4 Å². The van der Waals surface area contributed by atoms with Gasteiger partial charge < -0.3 is 10.1 Å². The molecule has 0 radical (unpaired) electrons. The second-order valence-electron chi connectivity index (χ2n) is 10.8. The van der Waals surface area contributed by atoms with Crippen LogP contribution in [0.3, 0.4) is 0 Å². The molecule has 1 aliphatic carbocycles. The number of anilines is 1. The number of amides is 2. The van der Waals surface area contributed by atoms with Crippen LogP contribution < -0.4 is 15.0 Å². The number of methoxy groups -OCH3 is 1. The minimum atomic E-state index is -0.953. The van der Waals surface area contributed by atoms with Crippen molar-refractivity contribution in [3.63, 3.8) is 0 Å². The van der Waals surface area contributed by atoms with Crippen LogP contribution >= 0.6 is 0 Å². The number of hydrogen-bond donors (Lipinski definition) is 1. The summed E-state index contributed by atoms with van der Waals surface area (Å²) in [5, 5.41) is 12.7. The van der Waals surface area contributed by atoms with Gasteiger partial charge in [-0.1, -0.05) is 66.9 Å². The van der Waals surface area contributed by atoms with Crippen LogP contribution in [0.25, 0.3) is 21.9 Å². The van der Waals surface area contributed by atoms with Crippen LogP contribution in [0, 0.1) is 0 Å². The van der Waals surface area contributed by atoms with Crippen molar-refractivity contribution in [2.45, 2.75) is 57.2 Å². The van der Waals surface area contributed by atoms with Crippen molar-refractivity contribution < 1.29 is 14.3 Å². The Balaban J connectivity index is 1.48. The fourth-order valence-corrected chi connectivity index (χ4v) is 5.80. The van der Waals surface area contributed by atoms with Gasteiger partial charge in [-0.25, -0.2) is 4.68 Å². The van der Waals surface area contributed by atoms with E-state index >= 15 is 0 Å². The molecule has 2 heterocycles. The summed E-state index contributed by atoms with van der Waals surface area (Å²) in [5.41, 5.74) is 3.42. The summed E-state index contributed by atoms with van der Waals surface area (Å²) in [5.74, 6) is 0.129. The van der Waals surface area contributed by atoms with Crippen LogP contribution in [0.4, 0.5) is 5.69 Å². The Labute approximate surface area is 244 Å². The smallest absolute Gasteiger partial charge is 0.252 e. The van der Waals surface area contributed by atoms with Gasteiger partial charge in [-0.15, -0.1) is 5.10 Å². The van der Waals surface area contributed by atoms with E-state index in [4.69, 9.17) is 4.74 Å². The number of pyridine rings is 1. The number of fused-ring (bicyclic) bond motifs is 2. The predicted octanol–water partition coefficient (Wildman–Crippen LogP) is 5.77. The zero-order valence-electron chi connectivity index (χ0n) is 23.8. The average Bonchev–Trinajstić information content (AvgIpc) is 3.47. The van der Waals surface area contributed by atoms with Gasteiger partial charge in [0.05, 0.1) is 30.0 Å². The molecule has 1 saturated carbocycles. The minimum Gasteiger partial charge on any atom is -0.497 e. The number of nitrogens with one attached hydrogen (secondary N) is 1. The molecule has 6 rings (SSSR count). The predicted molar refractivity (Wildman–Crippen MR) is 162 cm³/mol. The minimum absolute atomic E-state index is 0.0651. The summed E-state index contributed by atoms with van der Waals surface area (Å²) in [6.07, 6.45) is 6.83. The van der Waals surface area contributed by atoms with E-state index in [0.717, 1.165) is 42.1 Å². The second-order valence-corrected chi connectivity index (χ2v) is 10.8. The van der Waals surface area contributed by atoms with E-state index in [1.807, 2.05) is 78.9 Å². The molecule has 1 aliphatic rings. The van der Waals surface area contributed by atoms with E-state index in [9.17, 15) is 9.59 Å². The maximum Gasteiger partial charge on any atom is 0.252 e. The third kappa shape index (κ3) is 5.42. The van der Waals surface area contributed by atoms with Crippen molar-refractivity contribution in [1.82, 2.24) is 25.3 Å². The molecular weight excluding hydrogens is 528 g/mol. The lowest BCUT2D eigenvalue weighted by atomic mass is 9.94. The molecule has 9 nitrogen and oxygen atoms in total. The van der Waals surface area contributed by atoms with Crippen LogP contribution in [0.5, 0.6) is 5.75 Å². The Morgan fingerprint density at radius 1 is 0.952 bits per heavy atom. The third-order valence-corrected chi connectivity index (χ3v) is 8.08. The summed E-state index contributed by atoms with van der Waals surface area (Å²) >= 11 is 0. The topological polar surface area (TPSA) is 102 Å². The van der Waals surface area contributed by atoms with Gasteiger partial charge >= 0.3 is 0 Å². The second kappa shape index (κ2) is 12.0. The summed E-state index contributed by atoms with van der Waals surface area (Å²) in [6.45, 7) is 1.79. The first-order chi connectivity index (χ1) is 20.5. The first kappa shape index (κ1) is 27.4. The highest BCUT2D eigenvalue weighted by Crippen LogP contribution is 2.33. The molecule has 0 unspecified atom stereocenters. The molecule has 9 heteroatoms. The van der Waals surface area contributed by atoms with Crippen molar-refractivity contribution in [2.24, 2.45) is 0 Å². The maximum atomic E-state index is 14.7. The number of aromatic nitrogens is 4. The molecule has 1 fully saturated rings. The number of carbonyl (C=O) groups excluding carboxylic acids is 2. The summed E-state index contributed by atoms with van der Waals surface area (Å²) in [7, 11) is 1.60. The molecule has 3 aromatic carbocycles. The quantitative estimate of drug-likeness (QED) is 0.258. The number of para-hydroxylation sites is 2. The molecule has 2 atom stereocenters. The molecule has 0 spiro atoms. The number of nitrogens with zero attached hydrogens (tertiary/aromatic N) is 5. The van der Waals surface area contributed by atoms with Gasteiger partial charge in [0, 0.05) is 11.4 Å². The van der Waals surface area contributed by atoms with Gasteiger partial charge in [-0.2, -0.15) is 0 Å². The number of hydrogen-bond acceptors (Lipinski definition) is 6. The molecule has 214 valence electrons. The van der Waals surface area contributed by atoms with Crippen molar-refractivity contribution in [3.05, 3.63) is 90.6 Å². The highest BCUT2D eigenvalue weighted by molar-refractivity contribution is 6.04. The molecule has 5 aromatic rings. The van der Waals surface area contributed by atoms with E-state index in [0.29, 0.717) is 22.5 Å². The first-order valence-electron chi connectivity index (χ1n) is 14.5. The van der Waals surface area contributed by atoms with Crippen molar-refractivity contribution in [1.29, 1.82) is 0 Å². The zero-order valence-corrected chi connectivity index (χ0v) is 23.8. The highest BCUT2D eigenvalue weighted by atomic mass is 16.5. The normalized spacial score (nSPS) is 15.3. The Bertz CT molecular complexity index is 1710. The molecule has 0 bridgehead atoms. The van der Waals surface area contributed by atoms with Gasteiger partial charge in [-0.05, 0) is 61.7 Å². The molecule has 1 N–H and O–H groups in total. The highest BCUT2D eigenvalue weighted by Gasteiger charge is 2.37. The molecule has 2 amide bonds. The Morgan fingerprint density at radius 3 is 2.43 bits per heavy atom. The van der Waals surface area contributed by atoms with Gasteiger partial charge in [0.15, 0.2) is 0 Å². The zero-order chi connectivity index (χ0) is 29.1. The van der Waals surface area contributed by atoms with Gasteiger partial charge in [0.25, 0.3) is 5.91 Å². The lowest BCUT2D eigenvalue weighted by Gasteiger charge is -2.34. The standard InChI is InChI=1S/C33H34N6O3/c1-22(39-30-15-9-8-14-29(30)36-37-39)33(41)38(26-20-24-10-6-7-13-28(24)34-21-26)31(23-16-18-27(42-2)19-17-23)32(40)35-25-11-4-3-5-12-25/h6-10,13-22,25,31H,3-5,11-12H2,1-2H3,(H,35,40)/t22-,31+/m1/s1. The van der Waals surface area contributed by atoms with E-state index in [1.165, 1.54) is 6.42 Å². The van der Waals surface area contributed by atoms with E-state index in [-0.39, 0.29) is 17.9 Å². The van der Waals surface area contributed by atoms with Crippen LogP contribution in [-0.4, -0.2) is 44.9 Å². The number of benzene rings is 3. The van der Waals surface area contributed by atoms with Crippen LogP contribution in [0.1, 0.15) is 56.7 Å². The molecule has 0 saturated heterocycles. The number of carbonyl (C=O) groups is 2. The van der Waals surface area contributed by atoms with E-state index < -0.39 is 12.1 Å². The fraction of sp³-hybridized carbons (Fsp3) is 0.303. The third-order valence-electron chi connectivity index (χ3n) is 8.08. The lowest BCUT2D eigenvalue weighted by Crippen LogP contribution is -2.49. The van der Waals surface area contributed by atoms with Crippen molar-refractivity contribution in [2.75, 3.05) is 12.0 Å². The summed E-state index contributed by atoms with van der Waals surface area (Å²) in [4.78, 5) is 35.2. The van der Waals surface area contributed by atoms with Gasteiger partial charge in [0.1, 0.15) is 23.3 Å². The monoisotopic (exact) mass is 562 g/mol. The largest absolute Gasteiger partial charge is 0.497 e. The number of ether oxygens (including phenoxy) is 1. The van der Waals surface area contributed by atoms with Crippen LogP contribution in [0.15, 0.2) is 85.1 Å². The summed E-state index contributed by atoms with van der Waals surface area (Å²) < 4.78 is 7.00. The average molecular weight is 563 g/mol. The Kier molecular flexibility index (Phi) is 7.81. The Morgan fingerprint density at radius 2 is 1.67 bits per heavy atom. The van der Waals surface area contributed by atoms with Crippen LogP contribution in [0.2, 0.25) is 0 Å². The summed E-state index contributed by atoms with van der Waals surface area (Å²) in [6, 6.07) is 22.8. The van der Waals surface area contributed by atoms with Gasteiger partial charge in [0.2, 0.25) is 5.91 Å². The first-order valence-corrected chi connectivity index (χ1v) is 14.5. The van der Waals surface area contributed by atoms with E-state index in [1.54, 1.807) is 29.8 Å². The molecular formula is C33H34N6O3. The molecule has 0 aliphatic heterocycles. The number of rotatable bonds is 8. The van der Waals surface area contributed by atoms with Gasteiger partial charge in [-0.3, -0.25) is 19.5 Å². The van der Waals surface area contributed by atoms with E-state index in [2.05, 4.69) is 20.6 Å². The Hall–Kier alpha value is -4.79. The molecule has 42 heavy (non-hydrogen) atoms. The molecule has 2 aromatic heterocycles. The van der Waals surface area contributed by atoms with Crippen LogP contribution in [-0.2, 0) is 9.59 Å².